The summed E-state index contributed by atoms with van der Waals surface area (Å²) in [6.45, 7) is 0.0226. The first-order valence-corrected chi connectivity index (χ1v) is 27.4. The molecule has 0 amide bonds. The molecule has 1 saturated carbocycles. The molecule has 76 heavy (non-hydrogen) atoms. The molecule has 0 atom stereocenters. The smallest absolute Gasteiger partial charge is 0.252 e. The number of benzene rings is 11. The Morgan fingerprint density at radius 1 is 0.329 bits per heavy atom. The molecule has 0 bridgehead atoms. The summed E-state index contributed by atoms with van der Waals surface area (Å²) in [5.41, 5.74) is 27.5. The summed E-state index contributed by atoms with van der Waals surface area (Å²) in [4.78, 5) is 5.20. The summed E-state index contributed by atoms with van der Waals surface area (Å²) < 4.78 is 0. The number of rotatable bonds is 8. The zero-order valence-corrected chi connectivity index (χ0v) is 42.5. The van der Waals surface area contributed by atoms with Gasteiger partial charge in [0.2, 0.25) is 0 Å². The molecule has 11 aromatic rings. The van der Waals surface area contributed by atoms with Crippen LogP contribution in [0.3, 0.4) is 0 Å². The number of hydrogen-bond acceptors (Lipinski definition) is 2. The van der Waals surface area contributed by atoms with Crippen LogP contribution in [0.25, 0.3) is 44.5 Å². The minimum absolute atomic E-state index is 0.0226. The van der Waals surface area contributed by atoms with Gasteiger partial charge in [0.1, 0.15) is 0 Å². The minimum atomic E-state index is -0.463. The molecule has 3 heteroatoms. The Hall–Kier alpha value is -8.92. The molecule has 2 aliphatic carbocycles. The molecule has 0 radical (unpaired) electrons. The van der Waals surface area contributed by atoms with E-state index in [4.69, 9.17) is 0 Å². The third-order valence-electron chi connectivity index (χ3n) is 17.3. The summed E-state index contributed by atoms with van der Waals surface area (Å²) in [7, 11) is 0. The summed E-state index contributed by atoms with van der Waals surface area (Å²) >= 11 is 0. The van der Waals surface area contributed by atoms with Gasteiger partial charge >= 0.3 is 0 Å². The van der Waals surface area contributed by atoms with Crippen molar-refractivity contribution in [3.8, 4) is 44.5 Å². The summed E-state index contributed by atoms with van der Waals surface area (Å²) in [5, 5.41) is 0. The SMILES string of the molecule is c1ccc(-c2cccc(N3c4ccccc4B4c5cc(-c6ccccc6)ccc5N(c5ccc(-c6ccc7c(c6)C(c6ccccc6)(c6ccccc6)c6ccccc6-7)cc5)c5cc(C6CCCCC6)cc3c54)c2)cc1. The zero-order valence-electron chi connectivity index (χ0n) is 42.5. The molecule has 4 aliphatic rings. The molecule has 0 unspecified atom stereocenters. The molecule has 11 aromatic carbocycles. The van der Waals surface area contributed by atoms with E-state index in [1.54, 1.807) is 0 Å². The lowest BCUT2D eigenvalue weighted by atomic mass is 9.33. The Kier molecular flexibility index (Phi) is 10.7. The van der Waals surface area contributed by atoms with E-state index in [2.05, 4.69) is 277 Å². The Balaban J connectivity index is 0.928. The van der Waals surface area contributed by atoms with Crippen LogP contribution in [-0.2, 0) is 5.41 Å². The van der Waals surface area contributed by atoms with E-state index in [-0.39, 0.29) is 6.71 Å². The van der Waals surface area contributed by atoms with Crippen LogP contribution < -0.4 is 26.2 Å². The first-order valence-electron chi connectivity index (χ1n) is 27.4. The topological polar surface area (TPSA) is 6.48 Å². The minimum Gasteiger partial charge on any atom is -0.311 e. The highest BCUT2D eigenvalue weighted by Gasteiger charge is 2.47. The fourth-order valence-electron chi connectivity index (χ4n) is 13.9. The van der Waals surface area contributed by atoms with Crippen molar-refractivity contribution in [2.45, 2.75) is 43.4 Å². The lowest BCUT2D eigenvalue weighted by Crippen LogP contribution is -2.61. The van der Waals surface area contributed by atoms with Crippen LogP contribution in [0, 0.1) is 0 Å². The lowest BCUT2D eigenvalue weighted by molar-refractivity contribution is 0.444. The van der Waals surface area contributed by atoms with Gasteiger partial charge in [0.05, 0.1) is 5.41 Å². The number of fused-ring (bicyclic) bond motifs is 7. The van der Waals surface area contributed by atoms with Crippen LogP contribution in [-0.4, -0.2) is 6.71 Å². The number of hydrogen-bond donors (Lipinski definition) is 0. The highest BCUT2D eigenvalue weighted by Crippen LogP contribution is 2.57. The van der Waals surface area contributed by atoms with E-state index in [9.17, 15) is 0 Å². The van der Waals surface area contributed by atoms with Crippen molar-refractivity contribution in [1.29, 1.82) is 0 Å². The van der Waals surface area contributed by atoms with Crippen molar-refractivity contribution in [2.24, 2.45) is 0 Å². The van der Waals surface area contributed by atoms with Gasteiger partial charge in [-0.15, -0.1) is 0 Å². The van der Waals surface area contributed by atoms with Crippen LogP contribution in [0.15, 0.2) is 267 Å². The molecule has 360 valence electrons. The maximum absolute atomic E-state index is 2.61. The number of anilines is 6. The predicted octanol–water partition coefficient (Wildman–Crippen LogP) is 17.2. The van der Waals surface area contributed by atoms with E-state index in [1.165, 1.54) is 149 Å². The Morgan fingerprint density at radius 3 is 1.54 bits per heavy atom. The van der Waals surface area contributed by atoms with Gasteiger partial charge in [-0.05, 0) is 162 Å². The average molecular weight is 971 g/mol. The first-order chi connectivity index (χ1) is 37.7. The van der Waals surface area contributed by atoms with Gasteiger partial charge in [-0.1, -0.05) is 232 Å². The molecular weight excluding hydrogens is 916 g/mol. The fraction of sp³-hybridized carbons (Fsp3) is 0.0959. The van der Waals surface area contributed by atoms with E-state index in [0.717, 1.165) is 5.69 Å². The third-order valence-corrected chi connectivity index (χ3v) is 17.3. The van der Waals surface area contributed by atoms with Gasteiger partial charge in [-0.25, -0.2) is 0 Å². The van der Waals surface area contributed by atoms with Crippen molar-refractivity contribution in [3.05, 3.63) is 295 Å². The van der Waals surface area contributed by atoms with Crippen molar-refractivity contribution >= 4 is 57.2 Å². The van der Waals surface area contributed by atoms with Gasteiger partial charge < -0.3 is 9.80 Å². The number of para-hydroxylation sites is 1. The third kappa shape index (κ3) is 7.02. The second-order valence-corrected chi connectivity index (χ2v) is 21.4. The molecule has 0 aromatic heterocycles. The molecule has 15 rings (SSSR count). The van der Waals surface area contributed by atoms with E-state index in [1.807, 2.05) is 0 Å². The van der Waals surface area contributed by atoms with E-state index in [0.29, 0.717) is 5.92 Å². The van der Waals surface area contributed by atoms with Crippen LogP contribution in [0.5, 0.6) is 0 Å². The Labute approximate surface area is 447 Å². The molecule has 2 nitrogen and oxygen atoms in total. The Bertz CT molecular complexity index is 3940. The quantitative estimate of drug-likeness (QED) is 0.140. The molecular formula is C73H55BN2. The number of nitrogens with zero attached hydrogens (tertiary/aromatic N) is 2. The first kappa shape index (κ1) is 44.6. The van der Waals surface area contributed by atoms with Gasteiger partial charge in [-0.3, -0.25) is 0 Å². The van der Waals surface area contributed by atoms with E-state index >= 15 is 0 Å². The van der Waals surface area contributed by atoms with Gasteiger partial charge in [0.25, 0.3) is 6.71 Å². The van der Waals surface area contributed by atoms with Crippen LogP contribution >= 0.6 is 0 Å². The predicted molar refractivity (Wildman–Crippen MR) is 320 cm³/mol. The normalized spacial score (nSPS) is 14.8. The standard InChI is InChI=1S/C73H55BN2/c1-6-21-50(22-7-1)54-27-20-32-61(45-54)76-68-36-19-18-35-66(68)74-67-47-56(51-23-8-2-9-24-51)40-44-69(67)75(70-48-57(49-71(76)72(70)74)52-25-10-3-11-26-52)60-41-37-53(38-42-60)55-39-43-63-62-33-16-17-34-64(62)73(65(63)46-55,58-28-12-4-13-29-58)59-30-14-5-15-31-59/h1-2,4-9,12-24,27-49,52H,3,10-11,25-26H2. The van der Waals surface area contributed by atoms with Crippen molar-refractivity contribution in [3.63, 3.8) is 0 Å². The summed E-state index contributed by atoms with van der Waals surface area (Å²) in [6.07, 6.45) is 6.29. The van der Waals surface area contributed by atoms with Crippen LogP contribution in [0.4, 0.5) is 34.1 Å². The van der Waals surface area contributed by atoms with E-state index < -0.39 is 5.41 Å². The molecule has 1 fully saturated rings. The second kappa shape index (κ2) is 18.2. The van der Waals surface area contributed by atoms with Crippen LogP contribution in [0.2, 0.25) is 0 Å². The lowest BCUT2D eigenvalue weighted by Gasteiger charge is -2.45. The van der Waals surface area contributed by atoms with Gasteiger partial charge in [0, 0.05) is 34.1 Å². The molecule has 0 spiro atoms. The second-order valence-electron chi connectivity index (χ2n) is 21.4. The largest absolute Gasteiger partial charge is 0.311 e. The fourth-order valence-corrected chi connectivity index (χ4v) is 13.9. The highest BCUT2D eigenvalue weighted by molar-refractivity contribution is 7.00. The monoisotopic (exact) mass is 970 g/mol. The molecule has 2 heterocycles. The van der Waals surface area contributed by atoms with Crippen molar-refractivity contribution in [2.75, 3.05) is 9.80 Å². The summed E-state index contributed by atoms with van der Waals surface area (Å²) in [5.74, 6) is 0.499. The van der Waals surface area contributed by atoms with Gasteiger partial charge in [-0.2, -0.15) is 0 Å². The average Bonchev–Trinajstić information content (AvgIpc) is 3.85. The molecule has 0 N–H and O–H groups in total. The summed E-state index contributed by atoms with van der Waals surface area (Å²) in [6, 6.07) is 101. The highest BCUT2D eigenvalue weighted by atomic mass is 15.2. The van der Waals surface area contributed by atoms with Crippen molar-refractivity contribution in [1.82, 2.24) is 0 Å². The van der Waals surface area contributed by atoms with Crippen molar-refractivity contribution < 1.29 is 0 Å². The molecule has 0 saturated heterocycles. The van der Waals surface area contributed by atoms with Gasteiger partial charge in [0.15, 0.2) is 0 Å². The Morgan fingerprint density at radius 2 is 0.842 bits per heavy atom. The zero-order chi connectivity index (χ0) is 50.2. The maximum Gasteiger partial charge on any atom is 0.252 e. The van der Waals surface area contributed by atoms with Crippen LogP contribution in [0.1, 0.15) is 65.8 Å². The maximum atomic E-state index is 2.61. The molecule has 2 aliphatic heterocycles.